The van der Waals surface area contributed by atoms with E-state index in [0.29, 0.717) is 0 Å². The lowest BCUT2D eigenvalue weighted by atomic mass is 9.93. The molecule has 0 aliphatic heterocycles. The second kappa shape index (κ2) is 4.90. The summed E-state index contributed by atoms with van der Waals surface area (Å²) >= 11 is 10.5. The molecule has 1 atom stereocenters. The fraction of sp³-hybridized carbons (Fsp3) is 0.333. The van der Waals surface area contributed by atoms with Gasteiger partial charge < -0.3 is 0 Å². The first-order chi connectivity index (χ1) is 6.62. The van der Waals surface area contributed by atoms with Gasteiger partial charge in [-0.1, -0.05) is 43.2 Å². The zero-order chi connectivity index (χ0) is 10.6. The molecule has 0 unspecified atom stereocenters. The van der Waals surface area contributed by atoms with E-state index in [1.807, 2.05) is 30.3 Å². The lowest BCUT2D eigenvalue weighted by Gasteiger charge is -2.24. The number of thiol groups is 1. The van der Waals surface area contributed by atoms with Crippen molar-refractivity contribution in [1.29, 1.82) is 0 Å². The third-order valence-electron chi connectivity index (χ3n) is 2.31. The van der Waals surface area contributed by atoms with Gasteiger partial charge in [0.15, 0.2) is 0 Å². The van der Waals surface area contributed by atoms with Gasteiger partial charge in [0.05, 0.1) is 4.75 Å². The van der Waals surface area contributed by atoms with E-state index in [1.54, 1.807) is 0 Å². The first kappa shape index (κ1) is 11.7. The van der Waals surface area contributed by atoms with Crippen molar-refractivity contribution in [2.45, 2.75) is 24.5 Å². The molecule has 14 heavy (non-hydrogen) atoms. The van der Waals surface area contributed by atoms with Crippen molar-refractivity contribution in [1.82, 2.24) is 0 Å². The van der Waals surface area contributed by atoms with Crippen molar-refractivity contribution in [2.75, 3.05) is 0 Å². The van der Waals surface area contributed by atoms with Crippen LogP contribution in [0.3, 0.4) is 0 Å². The van der Waals surface area contributed by atoms with Gasteiger partial charge in [0, 0.05) is 5.02 Å². The summed E-state index contributed by atoms with van der Waals surface area (Å²) in [4.78, 5) is 0. The molecule has 0 radical (unpaired) electrons. The van der Waals surface area contributed by atoms with Crippen LogP contribution >= 0.6 is 24.2 Å². The van der Waals surface area contributed by atoms with E-state index in [4.69, 9.17) is 11.6 Å². The Hall–Kier alpha value is -0.400. The highest BCUT2D eigenvalue weighted by Crippen LogP contribution is 2.35. The molecule has 0 aliphatic carbocycles. The average molecular weight is 227 g/mol. The van der Waals surface area contributed by atoms with Crippen LogP contribution in [-0.2, 0) is 4.75 Å². The van der Waals surface area contributed by atoms with E-state index < -0.39 is 0 Å². The fourth-order valence-corrected chi connectivity index (χ4v) is 1.98. The minimum atomic E-state index is -0.223. The lowest BCUT2D eigenvalue weighted by Crippen LogP contribution is -2.14. The van der Waals surface area contributed by atoms with Crippen LogP contribution in [0.5, 0.6) is 0 Å². The van der Waals surface area contributed by atoms with Crippen LogP contribution in [0.25, 0.3) is 0 Å². The van der Waals surface area contributed by atoms with Gasteiger partial charge >= 0.3 is 0 Å². The Morgan fingerprint density at radius 1 is 1.43 bits per heavy atom. The Morgan fingerprint density at radius 2 is 2.00 bits per heavy atom. The molecule has 0 saturated carbocycles. The maximum atomic E-state index is 5.83. The molecular formula is C12H15ClS. The molecule has 1 aromatic rings. The van der Waals surface area contributed by atoms with Crippen LogP contribution in [0.15, 0.2) is 36.9 Å². The summed E-state index contributed by atoms with van der Waals surface area (Å²) in [5, 5.41) is 0.755. The topological polar surface area (TPSA) is 0 Å². The summed E-state index contributed by atoms with van der Waals surface area (Å²) in [6, 6.07) is 7.79. The average Bonchev–Trinajstić information content (AvgIpc) is 2.19. The Bertz CT molecular complexity index is 305. The first-order valence-electron chi connectivity index (χ1n) is 4.74. The highest BCUT2D eigenvalue weighted by molar-refractivity contribution is 7.81. The van der Waals surface area contributed by atoms with Crippen LogP contribution in [0.1, 0.15) is 25.3 Å². The van der Waals surface area contributed by atoms with Crippen LogP contribution in [0, 0.1) is 0 Å². The molecular weight excluding hydrogens is 212 g/mol. The fourth-order valence-electron chi connectivity index (χ4n) is 1.48. The second-order valence-corrected chi connectivity index (χ2v) is 4.62. The smallest absolute Gasteiger partial charge is 0.0555 e. The number of hydrogen-bond donors (Lipinski definition) is 1. The van der Waals surface area contributed by atoms with Crippen LogP contribution in [0.2, 0.25) is 5.02 Å². The Labute approximate surface area is 96.4 Å². The summed E-state index contributed by atoms with van der Waals surface area (Å²) in [7, 11) is 0. The minimum Gasteiger partial charge on any atom is -0.163 e. The predicted molar refractivity (Wildman–Crippen MR) is 67.2 cm³/mol. The van der Waals surface area contributed by atoms with Gasteiger partial charge in [0.25, 0.3) is 0 Å². The highest BCUT2D eigenvalue weighted by Gasteiger charge is 2.22. The maximum absolute atomic E-state index is 5.83. The third-order valence-corrected chi connectivity index (χ3v) is 3.23. The number of hydrogen-bond acceptors (Lipinski definition) is 1. The molecule has 0 fully saturated rings. The van der Waals surface area contributed by atoms with Gasteiger partial charge in [-0.15, -0.1) is 6.58 Å². The Balaban J connectivity index is 2.99. The van der Waals surface area contributed by atoms with Gasteiger partial charge in [0.1, 0.15) is 0 Å². The van der Waals surface area contributed by atoms with Gasteiger partial charge in [0.2, 0.25) is 0 Å². The summed E-state index contributed by atoms with van der Waals surface area (Å²) < 4.78 is -0.223. The number of benzene rings is 1. The molecule has 0 aliphatic rings. The van der Waals surface area contributed by atoms with E-state index >= 15 is 0 Å². The molecule has 0 nitrogen and oxygen atoms in total. The summed E-state index contributed by atoms with van der Waals surface area (Å²) in [6.07, 6.45) is 3.96. The summed E-state index contributed by atoms with van der Waals surface area (Å²) in [6.45, 7) is 5.98. The van der Waals surface area contributed by atoms with Crippen LogP contribution < -0.4 is 0 Å². The highest BCUT2D eigenvalue weighted by atomic mass is 35.5. The van der Waals surface area contributed by atoms with Crippen molar-refractivity contribution >= 4 is 24.2 Å². The predicted octanol–water partition coefficient (Wildman–Crippen LogP) is 4.45. The molecule has 0 amide bonds. The zero-order valence-electron chi connectivity index (χ0n) is 8.33. The standard InChI is InChI=1S/C12H15ClS/c1-3-9-12(14,4-2)10-5-7-11(13)8-6-10/h4-8,14H,2-3,9H2,1H3/t12-/m1/s1. The molecule has 0 heterocycles. The monoisotopic (exact) mass is 226 g/mol. The van der Waals surface area contributed by atoms with Crippen LogP contribution in [-0.4, -0.2) is 0 Å². The maximum Gasteiger partial charge on any atom is 0.0555 e. The van der Waals surface area contributed by atoms with Gasteiger partial charge in [-0.25, -0.2) is 0 Å². The second-order valence-electron chi connectivity index (χ2n) is 3.39. The van der Waals surface area contributed by atoms with Crippen molar-refractivity contribution in [3.63, 3.8) is 0 Å². The molecule has 0 bridgehead atoms. The normalized spacial score (nSPS) is 14.8. The molecule has 0 saturated heterocycles. The van der Waals surface area contributed by atoms with Gasteiger partial charge in [-0.2, -0.15) is 12.6 Å². The molecule has 1 aromatic carbocycles. The van der Waals surface area contributed by atoms with E-state index in [2.05, 4.69) is 26.1 Å². The van der Waals surface area contributed by atoms with E-state index in [0.717, 1.165) is 23.4 Å². The quantitative estimate of drug-likeness (QED) is 0.569. The molecule has 76 valence electrons. The van der Waals surface area contributed by atoms with Crippen LogP contribution in [0.4, 0.5) is 0 Å². The Morgan fingerprint density at radius 3 is 2.43 bits per heavy atom. The number of halogens is 1. The van der Waals surface area contributed by atoms with Crippen molar-refractivity contribution in [2.24, 2.45) is 0 Å². The third kappa shape index (κ3) is 2.55. The summed E-state index contributed by atoms with van der Waals surface area (Å²) in [5.74, 6) is 0. The van der Waals surface area contributed by atoms with E-state index in [9.17, 15) is 0 Å². The summed E-state index contributed by atoms with van der Waals surface area (Å²) in [5.41, 5.74) is 1.15. The Kier molecular flexibility index (Phi) is 4.09. The van der Waals surface area contributed by atoms with E-state index in [-0.39, 0.29) is 4.75 Å². The minimum absolute atomic E-state index is 0.223. The molecule has 2 heteroatoms. The van der Waals surface area contributed by atoms with Gasteiger partial charge in [-0.05, 0) is 24.1 Å². The zero-order valence-corrected chi connectivity index (χ0v) is 9.98. The molecule has 0 spiro atoms. The molecule has 1 rings (SSSR count). The first-order valence-corrected chi connectivity index (χ1v) is 5.57. The van der Waals surface area contributed by atoms with Gasteiger partial charge in [-0.3, -0.25) is 0 Å². The van der Waals surface area contributed by atoms with Crippen molar-refractivity contribution in [3.8, 4) is 0 Å². The molecule has 0 N–H and O–H groups in total. The lowest BCUT2D eigenvalue weighted by molar-refractivity contribution is 0.671. The van der Waals surface area contributed by atoms with Crippen molar-refractivity contribution < 1.29 is 0 Å². The molecule has 0 aromatic heterocycles. The SMILES string of the molecule is C=C[C@@](S)(CCC)c1ccc(Cl)cc1. The van der Waals surface area contributed by atoms with Crippen molar-refractivity contribution in [3.05, 3.63) is 47.5 Å². The number of rotatable bonds is 4. The van der Waals surface area contributed by atoms with E-state index in [1.165, 1.54) is 0 Å². The largest absolute Gasteiger partial charge is 0.163 e.